The topological polar surface area (TPSA) is 89.2 Å². The quantitative estimate of drug-likeness (QED) is 0.370. The smallest absolute Gasteiger partial charge is 0.296 e. The second-order valence-corrected chi connectivity index (χ2v) is 6.98. The van der Waals surface area contributed by atoms with E-state index in [2.05, 4.69) is 0 Å². The van der Waals surface area contributed by atoms with Gasteiger partial charge in [0.25, 0.3) is 11.7 Å². The standard InChI is InChI=1S/C24H21NO6/c1-29-16-11-9-15(10-12-16)22(26)20-21(18-7-3-4-8-19(18)30-2)25(24(28)23(20)27)14-17-6-5-13-31-17/h3-13,21,26H,14H2,1-2H3/b22-20-. The lowest BCUT2D eigenvalue weighted by molar-refractivity contribution is -0.140. The predicted molar refractivity (Wildman–Crippen MR) is 113 cm³/mol. The lowest BCUT2D eigenvalue weighted by Gasteiger charge is -2.25. The van der Waals surface area contributed by atoms with Crippen LogP contribution in [-0.4, -0.2) is 35.9 Å². The van der Waals surface area contributed by atoms with Crippen LogP contribution in [-0.2, 0) is 16.1 Å². The van der Waals surface area contributed by atoms with Gasteiger partial charge in [-0.05, 0) is 42.5 Å². The molecule has 1 unspecified atom stereocenters. The van der Waals surface area contributed by atoms with Gasteiger partial charge in [-0.25, -0.2) is 0 Å². The second-order valence-electron chi connectivity index (χ2n) is 6.98. The van der Waals surface area contributed by atoms with Gasteiger partial charge in [0.2, 0.25) is 0 Å². The maximum Gasteiger partial charge on any atom is 0.296 e. The number of nitrogens with zero attached hydrogens (tertiary/aromatic N) is 1. The molecule has 2 aromatic carbocycles. The number of rotatable bonds is 6. The highest BCUT2D eigenvalue weighted by molar-refractivity contribution is 6.46. The van der Waals surface area contributed by atoms with Crippen molar-refractivity contribution in [2.24, 2.45) is 0 Å². The van der Waals surface area contributed by atoms with Crippen LogP contribution in [0.5, 0.6) is 11.5 Å². The van der Waals surface area contributed by atoms with Gasteiger partial charge in [0.1, 0.15) is 23.0 Å². The van der Waals surface area contributed by atoms with E-state index < -0.39 is 17.7 Å². The van der Waals surface area contributed by atoms with Crippen molar-refractivity contribution in [1.82, 2.24) is 4.90 Å². The number of carbonyl (C=O) groups excluding carboxylic acids is 2. The number of benzene rings is 2. The number of methoxy groups -OCH3 is 2. The summed E-state index contributed by atoms with van der Waals surface area (Å²) >= 11 is 0. The Morgan fingerprint density at radius 3 is 2.39 bits per heavy atom. The van der Waals surface area contributed by atoms with Gasteiger partial charge >= 0.3 is 0 Å². The molecule has 1 fully saturated rings. The third kappa shape index (κ3) is 3.66. The predicted octanol–water partition coefficient (Wildman–Crippen LogP) is 3.92. The van der Waals surface area contributed by atoms with Crippen LogP contribution in [0.25, 0.3) is 5.76 Å². The number of likely N-dealkylation sites (tertiary alicyclic amines) is 1. The van der Waals surface area contributed by atoms with Crippen molar-refractivity contribution in [3.05, 3.63) is 89.4 Å². The van der Waals surface area contributed by atoms with Crippen molar-refractivity contribution >= 4 is 17.4 Å². The van der Waals surface area contributed by atoms with Crippen LogP contribution in [0.3, 0.4) is 0 Å². The Balaban J connectivity index is 1.88. The first kappa shape index (κ1) is 20.3. The van der Waals surface area contributed by atoms with Crippen LogP contribution in [0.4, 0.5) is 0 Å². The van der Waals surface area contributed by atoms with Gasteiger partial charge in [0.15, 0.2) is 0 Å². The summed E-state index contributed by atoms with van der Waals surface area (Å²) in [5.41, 5.74) is 0.980. The Kier molecular flexibility index (Phi) is 5.49. The number of furan rings is 1. The van der Waals surface area contributed by atoms with Crippen molar-refractivity contribution in [2.45, 2.75) is 12.6 Å². The van der Waals surface area contributed by atoms with Crippen molar-refractivity contribution in [2.75, 3.05) is 14.2 Å². The molecule has 31 heavy (non-hydrogen) atoms. The fourth-order valence-electron chi connectivity index (χ4n) is 3.73. The van der Waals surface area contributed by atoms with Gasteiger partial charge < -0.3 is 23.9 Å². The van der Waals surface area contributed by atoms with E-state index in [0.717, 1.165) is 0 Å². The van der Waals surface area contributed by atoms with Gasteiger partial charge in [-0.2, -0.15) is 0 Å². The van der Waals surface area contributed by atoms with E-state index in [9.17, 15) is 14.7 Å². The van der Waals surface area contributed by atoms with Crippen molar-refractivity contribution in [3.8, 4) is 11.5 Å². The van der Waals surface area contributed by atoms with Crippen LogP contribution in [0.2, 0.25) is 0 Å². The summed E-state index contributed by atoms with van der Waals surface area (Å²) in [4.78, 5) is 27.4. The Morgan fingerprint density at radius 1 is 1.00 bits per heavy atom. The molecule has 1 aliphatic heterocycles. The fourth-order valence-corrected chi connectivity index (χ4v) is 3.73. The summed E-state index contributed by atoms with van der Waals surface area (Å²) in [6.45, 7) is 0.0691. The lowest BCUT2D eigenvalue weighted by Crippen LogP contribution is -2.29. The highest BCUT2D eigenvalue weighted by Gasteiger charge is 2.47. The Morgan fingerprint density at radius 2 is 1.74 bits per heavy atom. The van der Waals surface area contributed by atoms with Gasteiger partial charge in [-0.15, -0.1) is 0 Å². The largest absolute Gasteiger partial charge is 0.507 e. The molecule has 3 aromatic rings. The minimum atomic E-state index is -0.844. The summed E-state index contributed by atoms with van der Waals surface area (Å²) in [5, 5.41) is 11.1. The number of para-hydroxylation sites is 1. The van der Waals surface area contributed by atoms with Crippen LogP contribution in [0, 0.1) is 0 Å². The van der Waals surface area contributed by atoms with E-state index in [1.807, 2.05) is 0 Å². The van der Waals surface area contributed by atoms with Crippen molar-refractivity contribution in [1.29, 1.82) is 0 Å². The zero-order chi connectivity index (χ0) is 22.0. The van der Waals surface area contributed by atoms with E-state index in [1.165, 1.54) is 25.4 Å². The molecule has 0 aliphatic carbocycles. The average molecular weight is 419 g/mol. The molecule has 1 atom stereocenters. The van der Waals surface area contributed by atoms with Crippen LogP contribution in [0.15, 0.2) is 76.9 Å². The number of hydrogen-bond acceptors (Lipinski definition) is 6. The monoisotopic (exact) mass is 419 g/mol. The number of ketones is 1. The van der Waals surface area contributed by atoms with E-state index >= 15 is 0 Å². The lowest BCUT2D eigenvalue weighted by atomic mass is 9.94. The Labute approximate surface area is 179 Å². The summed E-state index contributed by atoms with van der Waals surface area (Å²) in [7, 11) is 3.05. The molecular formula is C24H21NO6. The summed E-state index contributed by atoms with van der Waals surface area (Å²) < 4.78 is 16.0. The third-order valence-corrected chi connectivity index (χ3v) is 5.24. The number of amides is 1. The molecule has 0 spiro atoms. The first-order valence-corrected chi connectivity index (χ1v) is 9.63. The highest BCUT2D eigenvalue weighted by Crippen LogP contribution is 2.43. The molecule has 7 nitrogen and oxygen atoms in total. The summed E-state index contributed by atoms with van der Waals surface area (Å²) in [6, 6.07) is 16.3. The minimum Gasteiger partial charge on any atom is -0.507 e. The van der Waals surface area contributed by atoms with E-state index in [1.54, 1.807) is 60.7 Å². The maximum atomic E-state index is 13.1. The molecule has 0 bridgehead atoms. The molecule has 0 radical (unpaired) electrons. The minimum absolute atomic E-state index is 0.00813. The normalized spacial score (nSPS) is 17.7. The van der Waals surface area contributed by atoms with E-state index in [4.69, 9.17) is 13.9 Å². The number of aliphatic hydroxyl groups excluding tert-OH is 1. The van der Waals surface area contributed by atoms with Crippen LogP contribution in [0.1, 0.15) is 22.9 Å². The summed E-state index contributed by atoms with van der Waals surface area (Å²) in [6.07, 6.45) is 1.50. The number of hydrogen-bond donors (Lipinski definition) is 1. The number of aliphatic hydroxyl groups is 1. The van der Waals surface area contributed by atoms with Crippen molar-refractivity contribution < 1.29 is 28.6 Å². The zero-order valence-corrected chi connectivity index (χ0v) is 17.1. The van der Waals surface area contributed by atoms with Gasteiger partial charge in [-0.1, -0.05) is 18.2 Å². The summed E-state index contributed by atoms with van der Waals surface area (Å²) in [5.74, 6) is -0.126. The third-order valence-electron chi connectivity index (χ3n) is 5.24. The average Bonchev–Trinajstić information content (AvgIpc) is 3.41. The first-order chi connectivity index (χ1) is 15.0. The molecule has 1 N–H and O–H groups in total. The van der Waals surface area contributed by atoms with E-state index in [0.29, 0.717) is 28.4 Å². The molecule has 1 aromatic heterocycles. The van der Waals surface area contributed by atoms with Crippen LogP contribution < -0.4 is 9.47 Å². The molecule has 1 saturated heterocycles. The molecular weight excluding hydrogens is 398 g/mol. The van der Waals surface area contributed by atoms with Gasteiger partial charge in [0.05, 0.1) is 38.6 Å². The highest BCUT2D eigenvalue weighted by atomic mass is 16.5. The molecule has 158 valence electrons. The fraction of sp³-hybridized carbons (Fsp3) is 0.167. The molecule has 4 rings (SSSR count). The SMILES string of the molecule is COc1ccc(/C(O)=C2/C(=O)C(=O)N(Cc3ccco3)C2c2ccccc2OC)cc1. The van der Waals surface area contributed by atoms with E-state index in [-0.39, 0.29) is 17.9 Å². The second kappa shape index (κ2) is 8.39. The van der Waals surface area contributed by atoms with Crippen LogP contribution >= 0.6 is 0 Å². The Bertz CT molecular complexity index is 1130. The molecule has 1 amide bonds. The number of Topliss-reactive ketones (excluding diaryl/α,β-unsaturated/α-hetero) is 1. The first-order valence-electron chi connectivity index (χ1n) is 9.63. The van der Waals surface area contributed by atoms with Gasteiger partial charge in [0, 0.05) is 11.1 Å². The van der Waals surface area contributed by atoms with Gasteiger partial charge in [-0.3, -0.25) is 9.59 Å². The van der Waals surface area contributed by atoms with Crippen molar-refractivity contribution in [3.63, 3.8) is 0 Å². The maximum absolute atomic E-state index is 13.1. The number of carbonyl (C=O) groups is 2. The zero-order valence-electron chi connectivity index (χ0n) is 17.1. The Hall–Kier alpha value is -4.00. The molecule has 0 saturated carbocycles. The molecule has 2 heterocycles. The molecule has 1 aliphatic rings. The number of ether oxygens (including phenoxy) is 2. The molecule has 7 heteroatoms.